The number of rotatable bonds is 5. The van der Waals surface area contributed by atoms with E-state index in [1.807, 2.05) is 66.7 Å². The van der Waals surface area contributed by atoms with Crippen LogP contribution in [0.3, 0.4) is 0 Å². The summed E-state index contributed by atoms with van der Waals surface area (Å²) in [5.74, 6) is 0.823. The number of ether oxygens (including phenoxy) is 2. The normalized spacial score (nSPS) is 11.2. The molecule has 0 aromatic heterocycles. The molecular weight excluding hydrogens is 284 g/mol. The molecule has 0 saturated heterocycles. The molecule has 3 aromatic carbocycles. The lowest BCUT2D eigenvalue weighted by Crippen LogP contribution is -2.31. The van der Waals surface area contributed by atoms with Crippen LogP contribution in [0.4, 0.5) is 0 Å². The maximum atomic E-state index is 6.10. The molecule has 1 atom stereocenters. The molecular formula is C21H19O2. The minimum atomic E-state index is -0.700. The van der Waals surface area contributed by atoms with E-state index in [1.54, 1.807) is 14.2 Å². The summed E-state index contributed by atoms with van der Waals surface area (Å²) < 4.78 is 11.4. The van der Waals surface area contributed by atoms with Crippen molar-refractivity contribution >= 4 is 0 Å². The average molecular weight is 303 g/mol. The van der Waals surface area contributed by atoms with Crippen molar-refractivity contribution in [2.24, 2.45) is 0 Å². The van der Waals surface area contributed by atoms with Gasteiger partial charge in [-0.3, -0.25) is 0 Å². The molecule has 115 valence electrons. The molecule has 23 heavy (non-hydrogen) atoms. The first-order chi connectivity index (χ1) is 11.3. The summed E-state index contributed by atoms with van der Waals surface area (Å²) in [5.41, 5.74) is 2.37. The lowest BCUT2D eigenvalue weighted by molar-refractivity contribution is 0.0582. The standard InChI is InChI=1S/C21H19O2/c1-22-20-15-13-19(14-16-20)21(23-2,17-9-5-3-6-10-17)18-11-7-4-8-12-18/h3-11,13-16H,1-2H3. The van der Waals surface area contributed by atoms with Gasteiger partial charge in [-0.1, -0.05) is 66.7 Å². The number of hydrogen-bond donors (Lipinski definition) is 0. The van der Waals surface area contributed by atoms with Gasteiger partial charge in [0.05, 0.1) is 7.11 Å². The minimum Gasteiger partial charge on any atom is -0.497 e. The molecule has 2 nitrogen and oxygen atoms in total. The van der Waals surface area contributed by atoms with Crippen LogP contribution in [-0.2, 0) is 10.3 Å². The molecule has 0 aliphatic heterocycles. The third kappa shape index (κ3) is 2.73. The summed E-state index contributed by atoms with van der Waals surface area (Å²) >= 11 is 0. The van der Waals surface area contributed by atoms with Crippen molar-refractivity contribution in [3.8, 4) is 5.75 Å². The molecule has 0 fully saturated rings. The van der Waals surface area contributed by atoms with E-state index in [1.165, 1.54) is 0 Å². The second-order valence-electron chi connectivity index (χ2n) is 5.26. The smallest absolute Gasteiger partial charge is 0.143 e. The van der Waals surface area contributed by atoms with Gasteiger partial charge in [0.1, 0.15) is 11.4 Å². The van der Waals surface area contributed by atoms with Crippen molar-refractivity contribution in [2.45, 2.75) is 5.60 Å². The van der Waals surface area contributed by atoms with Crippen LogP contribution >= 0.6 is 0 Å². The highest BCUT2D eigenvalue weighted by Gasteiger charge is 2.36. The number of methoxy groups -OCH3 is 2. The topological polar surface area (TPSA) is 18.5 Å². The van der Waals surface area contributed by atoms with E-state index < -0.39 is 5.60 Å². The van der Waals surface area contributed by atoms with Crippen molar-refractivity contribution in [2.75, 3.05) is 14.2 Å². The Morgan fingerprint density at radius 2 is 1.39 bits per heavy atom. The fraction of sp³-hybridized carbons (Fsp3) is 0.143. The Bertz CT molecular complexity index is 694. The molecule has 0 saturated carbocycles. The van der Waals surface area contributed by atoms with E-state index in [9.17, 15) is 0 Å². The second-order valence-corrected chi connectivity index (χ2v) is 5.26. The third-order valence-electron chi connectivity index (χ3n) is 4.07. The zero-order valence-electron chi connectivity index (χ0n) is 13.3. The number of hydrogen-bond acceptors (Lipinski definition) is 2. The molecule has 0 spiro atoms. The lowest BCUT2D eigenvalue weighted by Gasteiger charge is -2.34. The van der Waals surface area contributed by atoms with Gasteiger partial charge in [0.15, 0.2) is 0 Å². The molecule has 0 heterocycles. The summed E-state index contributed by atoms with van der Waals surface area (Å²) in [6.07, 6.45) is 0. The van der Waals surface area contributed by atoms with Crippen molar-refractivity contribution in [1.29, 1.82) is 0 Å². The van der Waals surface area contributed by atoms with Crippen molar-refractivity contribution in [3.63, 3.8) is 0 Å². The van der Waals surface area contributed by atoms with Crippen LogP contribution in [0.25, 0.3) is 0 Å². The molecule has 0 amide bonds. The quantitative estimate of drug-likeness (QED) is 0.649. The predicted octanol–water partition coefficient (Wildman–Crippen LogP) is 4.43. The van der Waals surface area contributed by atoms with Crippen LogP contribution in [0.1, 0.15) is 16.7 Å². The Labute approximate surface area is 137 Å². The van der Waals surface area contributed by atoms with Crippen LogP contribution in [0, 0.1) is 6.07 Å². The van der Waals surface area contributed by atoms with E-state index >= 15 is 0 Å². The van der Waals surface area contributed by atoms with Crippen LogP contribution in [0.2, 0.25) is 0 Å². The molecule has 3 rings (SSSR count). The molecule has 1 radical (unpaired) electrons. The van der Waals surface area contributed by atoms with Gasteiger partial charge in [-0.05, 0) is 29.3 Å². The highest BCUT2D eigenvalue weighted by Crippen LogP contribution is 2.40. The first-order valence-corrected chi connectivity index (χ1v) is 7.53. The van der Waals surface area contributed by atoms with Gasteiger partial charge in [-0.2, -0.15) is 0 Å². The Kier molecular flexibility index (Phi) is 4.45. The first-order valence-electron chi connectivity index (χ1n) is 7.53. The molecule has 0 aliphatic carbocycles. The summed E-state index contributed by atoms with van der Waals surface area (Å²) in [4.78, 5) is 0. The highest BCUT2D eigenvalue weighted by atomic mass is 16.5. The van der Waals surface area contributed by atoms with Gasteiger partial charge >= 0.3 is 0 Å². The van der Waals surface area contributed by atoms with Crippen molar-refractivity contribution in [3.05, 3.63) is 102 Å². The van der Waals surface area contributed by atoms with E-state index in [2.05, 4.69) is 18.2 Å². The molecule has 3 aromatic rings. The summed E-state index contributed by atoms with van der Waals surface area (Å²) in [5, 5.41) is 0. The summed E-state index contributed by atoms with van der Waals surface area (Å²) in [6, 6.07) is 29.4. The highest BCUT2D eigenvalue weighted by molar-refractivity contribution is 5.48. The van der Waals surface area contributed by atoms with Gasteiger partial charge < -0.3 is 9.47 Å². The fourth-order valence-corrected chi connectivity index (χ4v) is 2.93. The molecule has 0 N–H and O–H groups in total. The molecule has 1 unspecified atom stereocenters. The van der Waals surface area contributed by atoms with Crippen LogP contribution < -0.4 is 4.74 Å². The maximum absolute atomic E-state index is 6.10. The Morgan fingerprint density at radius 1 is 0.739 bits per heavy atom. The molecule has 0 aliphatic rings. The van der Waals surface area contributed by atoms with Crippen LogP contribution in [0.5, 0.6) is 5.75 Å². The SMILES string of the molecule is COc1ccc(C(OC)(c2[c]cccc2)c2ccccc2)cc1. The van der Waals surface area contributed by atoms with Crippen LogP contribution in [0.15, 0.2) is 78.9 Å². The summed E-state index contributed by atoms with van der Waals surface area (Å²) in [6.45, 7) is 0. The van der Waals surface area contributed by atoms with Gasteiger partial charge in [0.25, 0.3) is 0 Å². The third-order valence-corrected chi connectivity index (χ3v) is 4.07. The average Bonchev–Trinajstić information content (AvgIpc) is 2.65. The van der Waals surface area contributed by atoms with Crippen molar-refractivity contribution < 1.29 is 9.47 Å². The van der Waals surface area contributed by atoms with Gasteiger partial charge in [-0.15, -0.1) is 0 Å². The summed E-state index contributed by atoms with van der Waals surface area (Å²) in [7, 11) is 3.40. The Hall–Kier alpha value is -2.58. The fourth-order valence-electron chi connectivity index (χ4n) is 2.93. The van der Waals surface area contributed by atoms with Gasteiger partial charge in [0, 0.05) is 12.7 Å². The second kappa shape index (κ2) is 6.67. The largest absolute Gasteiger partial charge is 0.497 e. The molecule has 0 bridgehead atoms. The van der Waals surface area contributed by atoms with E-state index in [4.69, 9.17) is 9.47 Å². The van der Waals surface area contributed by atoms with E-state index in [0.717, 1.165) is 22.4 Å². The predicted molar refractivity (Wildman–Crippen MR) is 91.6 cm³/mol. The number of benzene rings is 3. The monoisotopic (exact) mass is 303 g/mol. The Balaban J connectivity index is 2.24. The maximum Gasteiger partial charge on any atom is 0.143 e. The lowest BCUT2D eigenvalue weighted by atomic mass is 9.80. The molecule has 2 heteroatoms. The zero-order chi connectivity index (χ0) is 16.1. The van der Waals surface area contributed by atoms with Gasteiger partial charge in [-0.25, -0.2) is 0 Å². The van der Waals surface area contributed by atoms with Gasteiger partial charge in [0.2, 0.25) is 0 Å². The minimum absolute atomic E-state index is 0.700. The Morgan fingerprint density at radius 3 is 1.96 bits per heavy atom. The van der Waals surface area contributed by atoms with Crippen molar-refractivity contribution in [1.82, 2.24) is 0 Å². The van der Waals surface area contributed by atoms with E-state index in [-0.39, 0.29) is 0 Å². The van der Waals surface area contributed by atoms with E-state index in [0.29, 0.717) is 0 Å². The zero-order valence-corrected chi connectivity index (χ0v) is 13.3. The first kappa shape index (κ1) is 15.3. The van der Waals surface area contributed by atoms with Crippen LogP contribution in [-0.4, -0.2) is 14.2 Å².